The summed E-state index contributed by atoms with van der Waals surface area (Å²) in [5.41, 5.74) is 2.57. The molecule has 33 heavy (non-hydrogen) atoms. The monoisotopic (exact) mass is 457 g/mol. The van der Waals surface area contributed by atoms with Crippen LogP contribution in [0.15, 0.2) is 78.2 Å². The lowest BCUT2D eigenvalue weighted by atomic mass is 10.1. The van der Waals surface area contributed by atoms with Crippen molar-refractivity contribution in [1.29, 1.82) is 0 Å². The third kappa shape index (κ3) is 3.95. The van der Waals surface area contributed by atoms with Gasteiger partial charge in [0.2, 0.25) is 0 Å². The predicted molar refractivity (Wildman–Crippen MR) is 133 cm³/mol. The van der Waals surface area contributed by atoms with Gasteiger partial charge in [-0.3, -0.25) is 9.59 Å². The molecule has 0 N–H and O–H groups in total. The SMILES string of the molecule is C[C@@H]1CN(C(=O)c2cc3ccsc3n2[C@H](C)c2ccccc2)CCN1C(=O)c1ccccc1. The van der Waals surface area contributed by atoms with E-state index < -0.39 is 0 Å². The Morgan fingerprint density at radius 3 is 2.33 bits per heavy atom. The molecule has 6 heteroatoms. The summed E-state index contributed by atoms with van der Waals surface area (Å²) in [5, 5.41) is 3.17. The topological polar surface area (TPSA) is 45.6 Å². The van der Waals surface area contributed by atoms with E-state index in [2.05, 4.69) is 35.1 Å². The number of amides is 2. The molecule has 0 bridgehead atoms. The first-order valence-corrected chi connectivity index (χ1v) is 12.2. The van der Waals surface area contributed by atoms with Gasteiger partial charge in [0.25, 0.3) is 11.8 Å². The highest BCUT2D eigenvalue weighted by atomic mass is 32.1. The average molecular weight is 458 g/mol. The van der Waals surface area contributed by atoms with Gasteiger partial charge < -0.3 is 14.4 Å². The minimum Gasteiger partial charge on any atom is -0.334 e. The summed E-state index contributed by atoms with van der Waals surface area (Å²) in [6, 6.07) is 23.7. The Labute approximate surface area is 197 Å². The van der Waals surface area contributed by atoms with E-state index in [1.54, 1.807) is 11.3 Å². The summed E-state index contributed by atoms with van der Waals surface area (Å²) in [7, 11) is 0. The number of aromatic nitrogens is 1. The molecular weight excluding hydrogens is 430 g/mol. The van der Waals surface area contributed by atoms with Gasteiger partial charge in [-0.05, 0) is 49.1 Å². The molecule has 0 spiro atoms. The number of nitrogens with zero attached hydrogens (tertiary/aromatic N) is 3. The van der Waals surface area contributed by atoms with Crippen LogP contribution in [0.25, 0.3) is 10.2 Å². The zero-order valence-corrected chi connectivity index (χ0v) is 19.7. The van der Waals surface area contributed by atoms with Crippen molar-refractivity contribution in [2.75, 3.05) is 19.6 Å². The Kier molecular flexibility index (Phi) is 5.77. The number of hydrogen-bond donors (Lipinski definition) is 0. The molecule has 168 valence electrons. The molecule has 1 fully saturated rings. The Hall–Kier alpha value is -3.38. The highest BCUT2D eigenvalue weighted by Gasteiger charge is 2.32. The lowest BCUT2D eigenvalue weighted by Gasteiger charge is -2.40. The van der Waals surface area contributed by atoms with Gasteiger partial charge >= 0.3 is 0 Å². The number of benzene rings is 2. The van der Waals surface area contributed by atoms with Gasteiger partial charge in [-0.25, -0.2) is 0 Å². The fourth-order valence-corrected chi connectivity index (χ4v) is 5.70. The number of fused-ring (bicyclic) bond motifs is 1. The number of thiophene rings is 1. The second-order valence-electron chi connectivity index (χ2n) is 8.63. The van der Waals surface area contributed by atoms with Crippen molar-refractivity contribution < 1.29 is 9.59 Å². The summed E-state index contributed by atoms with van der Waals surface area (Å²) in [6.45, 7) is 5.75. The van der Waals surface area contributed by atoms with Gasteiger partial charge in [0.05, 0.1) is 6.04 Å². The van der Waals surface area contributed by atoms with Crippen LogP contribution >= 0.6 is 11.3 Å². The summed E-state index contributed by atoms with van der Waals surface area (Å²) >= 11 is 1.66. The standard InChI is InChI=1S/C27H27N3O2S/c1-19-18-28(14-15-29(19)25(31)22-11-7-4-8-12-22)26(32)24-17-23-13-16-33-27(23)30(24)20(2)21-9-5-3-6-10-21/h3-13,16-17,19-20H,14-15,18H2,1-2H3/t19-,20-/m1/s1. The summed E-state index contributed by atoms with van der Waals surface area (Å²) in [4.78, 5) is 31.6. The number of carbonyl (C=O) groups excluding carboxylic acids is 2. The molecule has 0 saturated carbocycles. The van der Waals surface area contributed by atoms with Crippen molar-refractivity contribution in [3.05, 3.63) is 95.0 Å². The third-order valence-electron chi connectivity index (χ3n) is 6.53. The van der Waals surface area contributed by atoms with Crippen molar-refractivity contribution in [2.45, 2.75) is 25.9 Å². The maximum atomic E-state index is 13.7. The van der Waals surface area contributed by atoms with Crippen LogP contribution in [0.5, 0.6) is 0 Å². The molecule has 2 atom stereocenters. The average Bonchev–Trinajstić information content (AvgIpc) is 3.45. The van der Waals surface area contributed by atoms with E-state index in [1.165, 1.54) is 5.56 Å². The van der Waals surface area contributed by atoms with Gasteiger partial charge in [-0.2, -0.15) is 0 Å². The number of piperazine rings is 1. The Morgan fingerprint density at radius 1 is 0.939 bits per heavy atom. The zero-order valence-electron chi connectivity index (χ0n) is 18.8. The van der Waals surface area contributed by atoms with E-state index in [4.69, 9.17) is 0 Å². The molecule has 3 heterocycles. The van der Waals surface area contributed by atoms with Crippen LogP contribution in [0.3, 0.4) is 0 Å². The normalized spacial score (nSPS) is 17.3. The van der Waals surface area contributed by atoms with Crippen molar-refractivity contribution in [3.8, 4) is 0 Å². The van der Waals surface area contributed by atoms with Gasteiger partial charge in [0.1, 0.15) is 10.5 Å². The predicted octanol–water partition coefficient (Wildman–Crippen LogP) is 5.30. The molecule has 1 aliphatic heterocycles. The van der Waals surface area contributed by atoms with Crippen molar-refractivity contribution in [1.82, 2.24) is 14.4 Å². The Morgan fingerprint density at radius 2 is 1.64 bits per heavy atom. The van der Waals surface area contributed by atoms with Crippen LogP contribution in [0.1, 0.15) is 46.3 Å². The number of carbonyl (C=O) groups is 2. The second-order valence-corrected chi connectivity index (χ2v) is 9.53. The van der Waals surface area contributed by atoms with Crippen LogP contribution in [-0.4, -0.2) is 51.9 Å². The van der Waals surface area contributed by atoms with Crippen LogP contribution in [0.4, 0.5) is 0 Å². The van der Waals surface area contributed by atoms with Crippen LogP contribution in [0, 0.1) is 0 Å². The summed E-state index contributed by atoms with van der Waals surface area (Å²) in [6.07, 6.45) is 0. The number of rotatable bonds is 4. The molecule has 5 rings (SSSR count). The zero-order chi connectivity index (χ0) is 22.9. The van der Waals surface area contributed by atoms with Gasteiger partial charge in [-0.1, -0.05) is 48.5 Å². The first-order chi connectivity index (χ1) is 16.0. The highest BCUT2D eigenvalue weighted by molar-refractivity contribution is 7.16. The lowest BCUT2D eigenvalue weighted by Crippen LogP contribution is -2.55. The molecule has 2 amide bonds. The molecule has 4 aromatic rings. The molecule has 1 saturated heterocycles. The van der Waals surface area contributed by atoms with E-state index in [1.807, 2.05) is 71.3 Å². The summed E-state index contributed by atoms with van der Waals surface area (Å²) in [5.74, 6) is 0.0524. The first kappa shape index (κ1) is 21.5. The van der Waals surface area contributed by atoms with E-state index in [0.717, 1.165) is 10.2 Å². The van der Waals surface area contributed by atoms with Gasteiger partial charge in [0, 0.05) is 36.6 Å². The minimum absolute atomic E-state index is 0.0248. The molecule has 1 aliphatic rings. The van der Waals surface area contributed by atoms with Crippen molar-refractivity contribution >= 4 is 33.4 Å². The smallest absolute Gasteiger partial charge is 0.270 e. The fourth-order valence-electron chi connectivity index (χ4n) is 4.73. The molecule has 0 radical (unpaired) electrons. The van der Waals surface area contributed by atoms with Crippen molar-refractivity contribution in [2.24, 2.45) is 0 Å². The quantitative estimate of drug-likeness (QED) is 0.418. The Bertz CT molecular complexity index is 1280. The fraction of sp³-hybridized carbons (Fsp3) is 0.259. The largest absolute Gasteiger partial charge is 0.334 e. The highest BCUT2D eigenvalue weighted by Crippen LogP contribution is 2.32. The third-order valence-corrected chi connectivity index (χ3v) is 7.46. The van der Waals surface area contributed by atoms with Crippen LogP contribution < -0.4 is 0 Å². The molecule has 0 aliphatic carbocycles. The molecule has 2 aromatic heterocycles. The van der Waals surface area contributed by atoms with E-state index in [0.29, 0.717) is 30.9 Å². The molecule has 2 aromatic carbocycles. The second kappa shape index (κ2) is 8.87. The maximum Gasteiger partial charge on any atom is 0.270 e. The Balaban J connectivity index is 1.40. The van der Waals surface area contributed by atoms with Gasteiger partial charge in [0.15, 0.2) is 0 Å². The summed E-state index contributed by atoms with van der Waals surface area (Å²) < 4.78 is 2.17. The molecule has 0 unspecified atom stereocenters. The van der Waals surface area contributed by atoms with E-state index >= 15 is 0 Å². The van der Waals surface area contributed by atoms with Crippen LogP contribution in [-0.2, 0) is 0 Å². The van der Waals surface area contributed by atoms with E-state index in [9.17, 15) is 9.59 Å². The number of hydrogen-bond acceptors (Lipinski definition) is 3. The molecular formula is C27H27N3O2S. The van der Waals surface area contributed by atoms with Crippen LogP contribution in [0.2, 0.25) is 0 Å². The lowest BCUT2D eigenvalue weighted by molar-refractivity contribution is 0.0409. The van der Waals surface area contributed by atoms with Crippen molar-refractivity contribution in [3.63, 3.8) is 0 Å². The van der Waals surface area contributed by atoms with Gasteiger partial charge in [-0.15, -0.1) is 11.3 Å². The maximum absolute atomic E-state index is 13.7. The molecule has 5 nitrogen and oxygen atoms in total. The first-order valence-electron chi connectivity index (χ1n) is 11.3. The van der Waals surface area contributed by atoms with E-state index in [-0.39, 0.29) is 23.9 Å². The minimum atomic E-state index is -0.0496.